The molecule has 1 N–H and O–H groups in total. The maximum atomic E-state index is 13.4. The summed E-state index contributed by atoms with van der Waals surface area (Å²) in [5.41, 5.74) is 2.89. The normalized spacial score (nSPS) is 12.3. The predicted molar refractivity (Wildman–Crippen MR) is 118 cm³/mol. The number of thiazole rings is 1. The molecule has 1 atom stereocenters. The fraction of sp³-hybridized carbons (Fsp3) is 0.273. The summed E-state index contributed by atoms with van der Waals surface area (Å²) >= 11 is 1.50. The molecule has 0 saturated carbocycles. The van der Waals surface area contributed by atoms with Gasteiger partial charge in [-0.05, 0) is 42.7 Å². The summed E-state index contributed by atoms with van der Waals surface area (Å²) in [6, 6.07) is 7.44. The van der Waals surface area contributed by atoms with Gasteiger partial charge in [0.05, 0.1) is 18.5 Å². The molecule has 0 aliphatic heterocycles. The number of anilines is 1. The summed E-state index contributed by atoms with van der Waals surface area (Å²) < 4.78 is 20.3. The number of rotatable bonds is 7. The number of carbonyl (C=O) groups is 1. The molecule has 0 aliphatic rings. The molecule has 9 heteroatoms. The van der Waals surface area contributed by atoms with Crippen molar-refractivity contribution in [3.05, 3.63) is 53.9 Å². The maximum Gasteiger partial charge on any atom is 0.328 e. The number of imidazole rings is 1. The standard InChI is InChI=1S/C22H22FN5O2S/c1-13(2)12-17(20(29)30-3)26-21-24-9-8-16(25-21)19-18(14-4-6-15(23)7-5-14)27-22-28(19)10-11-31-22/h4-11,13,17H,12H2,1-3H3,(H,24,25,26). The van der Waals surface area contributed by atoms with Crippen LogP contribution in [-0.4, -0.2) is 38.5 Å². The molecule has 1 unspecified atom stereocenters. The molecular weight excluding hydrogens is 417 g/mol. The van der Waals surface area contributed by atoms with E-state index in [1.54, 1.807) is 24.4 Å². The molecule has 0 fully saturated rings. The number of ether oxygens (including phenoxy) is 1. The molecule has 4 rings (SSSR count). The van der Waals surface area contributed by atoms with Crippen LogP contribution in [-0.2, 0) is 9.53 Å². The average Bonchev–Trinajstić information content (AvgIpc) is 3.34. The summed E-state index contributed by atoms with van der Waals surface area (Å²) in [6.45, 7) is 4.06. The number of methoxy groups -OCH3 is 1. The van der Waals surface area contributed by atoms with Crippen molar-refractivity contribution in [2.24, 2.45) is 5.92 Å². The summed E-state index contributed by atoms with van der Waals surface area (Å²) in [5.74, 6) is -0.0629. The van der Waals surface area contributed by atoms with Gasteiger partial charge in [-0.15, -0.1) is 11.3 Å². The van der Waals surface area contributed by atoms with Gasteiger partial charge < -0.3 is 10.1 Å². The molecule has 0 aliphatic carbocycles. The highest BCUT2D eigenvalue weighted by atomic mass is 32.1. The molecule has 0 spiro atoms. The Kier molecular flexibility index (Phi) is 5.94. The zero-order valence-corrected chi connectivity index (χ0v) is 18.2. The highest BCUT2D eigenvalue weighted by molar-refractivity contribution is 7.15. The van der Waals surface area contributed by atoms with Gasteiger partial charge >= 0.3 is 5.97 Å². The van der Waals surface area contributed by atoms with Crippen molar-refractivity contribution in [2.45, 2.75) is 26.3 Å². The molecule has 3 aromatic heterocycles. The Morgan fingerprint density at radius 2 is 2.00 bits per heavy atom. The lowest BCUT2D eigenvalue weighted by Gasteiger charge is -2.18. The largest absolute Gasteiger partial charge is 0.467 e. The van der Waals surface area contributed by atoms with Gasteiger partial charge in [0.25, 0.3) is 0 Å². The third-order valence-electron chi connectivity index (χ3n) is 4.77. The van der Waals surface area contributed by atoms with E-state index >= 15 is 0 Å². The van der Waals surface area contributed by atoms with Crippen LogP contribution in [0.15, 0.2) is 48.1 Å². The van der Waals surface area contributed by atoms with Gasteiger partial charge in [-0.2, -0.15) is 0 Å². The monoisotopic (exact) mass is 439 g/mol. The van der Waals surface area contributed by atoms with Crippen molar-refractivity contribution in [3.63, 3.8) is 0 Å². The van der Waals surface area contributed by atoms with E-state index in [1.165, 1.54) is 30.6 Å². The van der Waals surface area contributed by atoms with Crippen molar-refractivity contribution >= 4 is 28.2 Å². The van der Waals surface area contributed by atoms with E-state index in [2.05, 4.69) is 15.3 Å². The van der Waals surface area contributed by atoms with Crippen LogP contribution in [0.3, 0.4) is 0 Å². The van der Waals surface area contributed by atoms with E-state index in [0.29, 0.717) is 23.8 Å². The molecule has 7 nitrogen and oxygen atoms in total. The molecular formula is C22H22FN5O2S. The number of nitrogens with zero attached hydrogens (tertiary/aromatic N) is 4. The maximum absolute atomic E-state index is 13.4. The van der Waals surface area contributed by atoms with Gasteiger partial charge in [-0.3, -0.25) is 4.40 Å². The first-order valence-electron chi connectivity index (χ1n) is 9.85. The number of benzene rings is 1. The molecule has 0 saturated heterocycles. The molecule has 0 radical (unpaired) electrons. The topological polar surface area (TPSA) is 81.4 Å². The zero-order valence-electron chi connectivity index (χ0n) is 17.4. The quantitative estimate of drug-likeness (QED) is 0.422. The first-order chi connectivity index (χ1) is 15.0. The Bertz CT molecular complexity index is 1200. The van der Waals surface area contributed by atoms with Crippen LogP contribution in [0, 0.1) is 11.7 Å². The minimum Gasteiger partial charge on any atom is -0.467 e. The van der Waals surface area contributed by atoms with Crippen LogP contribution in [0.1, 0.15) is 20.3 Å². The van der Waals surface area contributed by atoms with Crippen LogP contribution in [0.25, 0.3) is 27.6 Å². The predicted octanol–water partition coefficient (Wildman–Crippen LogP) is 4.66. The Morgan fingerprint density at radius 3 is 2.71 bits per heavy atom. The minimum atomic E-state index is -0.552. The molecule has 1 aromatic carbocycles. The first-order valence-corrected chi connectivity index (χ1v) is 10.7. The van der Waals surface area contributed by atoms with Crippen LogP contribution in [0.2, 0.25) is 0 Å². The number of aromatic nitrogens is 4. The lowest BCUT2D eigenvalue weighted by atomic mass is 10.0. The van der Waals surface area contributed by atoms with E-state index in [9.17, 15) is 9.18 Å². The van der Waals surface area contributed by atoms with Crippen LogP contribution >= 0.6 is 11.3 Å². The lowest BCUT2D eigenvalue weighted by Crippen LogP contribution is -2.32. The van der Waals surface area contributed by atoms with Crippen molar-refractivity contribution in [1.82, 2.24) is 19.4 Å². The fourth-order valence-electron chi connectivity index (χ4n) is 3.38. The van der Waals surface area contributed by atoms with Gasteiger partial charge in [0.2, 0.25) is 5.95 Å². The van der Waals surface area contributed by atoms with Gasteiger partial charge in [0, 0.05) is 23.3 Å². The van der Waals surface area contributed by atoms with E-state index in [-0.39, 0.29) is 17.7 Å². The molecule has 160 valence electrons. The second kappa shape index (κ2) is 8.81. The summed E-state index contributed by atoms with van der Waals surface area (Å²) in [4.78, 5) is 26.7. The minimum absolute atomic E-state index is 0.283. The van der Waals surface area contributed by atoms with Crippen molar-refractivity contribution in [1.29, 1.82) is 0 Å². The fourth-order valence-corrected chi connectivity index (χ4v) is 4.10. The number of carbonyl (C=O) groups excluding carboxylic acids is 1. The average molecular weight is 440 g/mol. The highest BCUT2D eigenvalue weighted by Crippen LogP contribution is 2.33. The Morgan fingerprint density at radius 1 is 1.23 bits per heavy atom. The Labute approximate surface area is 183 Å². The number of halogens is 1. The van der Waals surface area contributed by atoms with E-state index in [1.807, 2.05) is 29.8 Å². The number of hydrogen-bond acceptors (Lipinski definition) is 7. The smallest absolute Gasteiger partial charge is 0.328 e. The van der Waals surface area contributed by atoms with Crippen LogP contribution in [0.5, 0.6) is 0 Å². The number of nitrogens with one attached hydrogen (secondary N) is 1. The number of hydrogen-bond donors (Lipinski definition) is 1. The molecule has 3 heterocycles. The SMILES string of the molecule is COC(=O)C(CC(C)C)Nc1nccc(-c2c(-c3ccc(F)cc3)nc3sccn23)n1. The van der Waals surface area contributed by atoms with Crippen molar-refractivity contribution < 1.29 is 13.9 Å². The number of esters is 1. The van der Waals surface area contributed by atoms with E-state index < -0.39 is 6.04 Å². The summed E-state index contributed by atoms with van der Waals surface area (Å²) in [5, 5.41) is 5.04. The lowest BCUT2D eigenvalue weighted by molar-refractivity contribution is -0.141. The molecule has 0 bridgehead atoms. The second-order valence-corrected chi connectivity index (χ2v) is 8.36. The summed E-state index contributed by atoms with van der Waals surface area (Å²) in [7, 11) is 1.36. The third-order valence-corrected chi connectivity index (χ3v) is 5.53. The molecule has 0 amide bonds. The van der Waals surface area contributed by atoms with E-state index in [4.69, 9.17) is 9.72 Å². The molecule has 31 heavy (non-hydrogen) atoms. The van der Waals surface area contributed by atoms with Gasteiger partial charge in [-0.25, -0.2) is 24.1 Å². The second-order valence-electron chi connectivity index (χ2n) is 7.49. The third kappa shape index (κ3) is 4.41. The zero-order chi connectivity index (χ0) is 22.0. The van der Waals surface area contributed by atoms with Crippen LogP contribution in [0.4, 0.5) is 10.3 Å². The highest BCUT2D eigenvalue weighted by Gasteiger charge is 2.23. The van der Waals surface area contributed by atoms with Gasteiger partial charge in [0.15, 0.2) is 4.96 Å². The summed E-state index contributed by atoms with van der Waals surface area (Å²) in [6.07, 6.45) is 4.14. The van der Waals surface area contributed by atoms with E-state index in [0.717, 1.165) is 16.2 Å². The number of fused-ring (bicyclic) bond motifs is 1. The molecule has 4 aromatic rings. The van der Waals surface area contributed by atoms with Gasteiger partial charge in [-0.1, -0.05) is 13.8 Å². The Hall–Kier alpha value is -3.33. The van der Waals surface area contributed by atoms with Crippen LogP contribution < -0.4 is 5.32 Å². The Balaban J connectivity index is 1.75. The van der Waals surface area contributed by atoms with Crippen molar-refractivity contribution in [2.75, 3.05) is 12.4 Å². The van der Waals surface area contributed by atoms with Gasteiger partial charge in [0.1, 0.15) is 17.6 Å². The van der Waals surface area contributed by atoms with Crippen molar-refractivity contribution in [3.8, 4) is 22.6 Å². The first kappa shape index (κ1) is 20.9.